The maximum absolute atomic E-state index is 5.31. The third-order valence-corrected chi connectivity index (χ3v) is 2.65. The van der Waals surface area contributed by atoms with Crippen molar-refractivity contribution in [3.63, 3.8) is 0 Å². The molecule has 80 valence electrons. The Morgan fingerprint density at radius 1 is 1.31 bits per heavy atom. The van der Waals surface area contributed by atoms with Gasteiger partial charge in [0.1, 0.15) is 0 Å². The van der Waals surface area contributed by atoms with E-state index in [0.717, 1.165) is 19.1 Å². The molecule has 0 heterocycles. The molecule has 0 spiro atoms. The highest BCUT2D eigenvalue weighted by atomic mass is 16.5. The standard InChI is InChI=1S/C11H25NO/c1-5-11(12-4)10(3)8-7-9-13-6-2/h10-12H,5-9H2,1-4H3. The molecule has 0 bridgehead atoms. The summed E-state index contributed by atoms with van der Waals surface area (Å²) in [6.07, 6.45) is 3.67. The van der Waals surface area contributed by atoms with Gasteiger partial charge >= 0.3 is 0 Å². The van der Waals surface area contributed by atoms with Crippen molar-refractivity contribution in [1.29, 1.82) is 0 Å². The molecule has 0 aliphatic carbocycles. The Morgan fingerprint density at radius 2 is 2.00 bits per heavy atom. The minimum Gasteiger partial charge on any atom is -0.382 e. The Labute approximate surface area is 83.1 Å². The zero-order chi connectivity index (χ0) is 10.1. The summed E-state index contributed by atoms with van der Waals surface area (Å²) < 4.78 is 5.31. The molecule has 0 aromatic carbocycles. The van der Waals surface area contributed by atoms with Crippen LogP contribution >= 0.6 is 0 Å². The quantitative estimate of drug-likeness (QED) is 0.589. The molecule has 2 atom stereocenters. The molecule has 0 saturated heterocycles. The summed E-state index contributed by atoms with van der Waals surface area (Å²) in [5.74, 6) is 0.760. The van der Waals surface area contributed by atoms with Crippen LogP contribution in [0.2, 0.25) is 0 Å². The van der Waals surface area contributed by atoms with E-state index in [1.54, 1.807) is 0 Å². The van der Waals surface area contributed by atoms with E-state index >= 15 is 0 Å². The fourth-order valence-electron chi connectivity index (χ4n) is 1.74. The van der Waals surface area contributed by atoms with Crippen LogP contribution < -0.4 is 5.32 Å². The summed E-state index contributed by atoms with van der Waals surface area (Å²) >= 11 is 0. The smallest absolute Gasteiger partial charge is 0.0466 e. The number of hydrogen-bond donors (Lipinski definition) is 1. The summed E-state index contributed by atoms with van der Waals surface area (Å²) in [7, 11) is 2.05. The monoisotopic (exact) mass is 187 g/mol. The van der Waals surface area contributed by atoms with Gasteiger partial charge in [-0.15, -0.1) is 0 Å². The topological polar surface area (TPSA) is 21.3 Å². The fraction of sp³-hybridized carbons (Fsp3) is 1.00. The first-order chi connectivity index (χ1) is 6.26. The Morgan fingerprint density at radius 3 is 2.46 bits per heavy atom. The molecule has 13 heavy (non-hydrogen) atoms. The average Bonchev–Trinajstić information content (AvgIpc) is 2.14. The van der Waals surface area contributed by atoms with Crippen LogP contribution in [0.15, 0.2) is 0 Å². The SMILES string of the molecule is CCOCCCC(C)C(CC)NC. The Kier molecular flexibility index (Phi) is 8.46. The van der Waals surface area contributed by atoms with E-state index in [2.05, 4.69) is 19.2 Å². The third kappa shape index (κ3) is 6.05. The van der Waals surface area contributed by atoms with Crippen molar-refractivity contribution in [3.05, 3.63) is 0 Å². The number of nitrogens with one attached hydrogen (secondary N) is 1. The molecule has 0 aliphatic rings. The van der Waals surface area contributed by atoms with Crippen molar-refractivity contribution in [2.75, 3.05) is 20.3 Å². The molecule has 0 aromatic heterocycles. The Bertz CT molecular complexity index is 102. The van der Waals surface area contributed by atoms with Gasteiger partial charge in [-0.1, -0.05) is 13.8 Å². The number of rotatable bonds is 8. The average molecular weight is 187 g/mol. The van der Waals surface area contributed by atoms with Crippen LogP contribution in [0, 0.1) is 5.92 Å². The molecule has 0 saturated carbocycles. The van der Waals surface area contributed by atoms with Crippen LogP contribution in [0.5, 0.6) is 0 Å². The molecule has 2 heteroatoms. The summed E-state index contributed by atoms with van der Waals surface area (Å²) in [5, 5.41) is 3.35. The first-order valence-corrected chi connectivity index (χ1v) is 5.51. The van der Waals surface area contributed by atoms with Crippen molar-refractivity contribution < 1.29 is 4.74 Å². The number of hydrogen-bond acceptors (Lipinski definition) is 2. The molecule has 2 unspecified atom stereocenters. The van der Waals surface area contributed by atoms with E-state index in [-0.39, 0.29) is 0 Å². The highest BCUT2D eigenvalue weighted by molar-refractivity contribution is 4.69. The second-order valence-electron chi connectivity index (χ2n) is 3.62. The van der Waals surface area contributed by atoms with Gasteiger partial charge in [0.15, 0.2) is 0 Å². The minimum atomic E-state index is 0.668. The van der Waals surface area contributed by atoms with Gasteiger partial charge in [0, 0.05) is 19.3 Å². The van der Waals surface area contributed by atoms with E-state index in [1.807, 2.05) is 14.0 Å². The zero-order valence-corrected chi connectivity index (χ0v) is 9.60. The molecule has 0 rings (SSSR count). The van der Waals surface area contributed by atoms with Gasteiger partial charge in [-0.05, 0) is 39.2 Å². The second-order valence-corrected chi connectivity index (χ2v) is 3.62. The summed E-state index contributed by atoms with van der Waals surface area (Å²) in [6, 6.07) is 0.668. The highest BCUT2D eigenvalue weighted by Gasteiger charge is 2.12. The van der Waals surface area contributed by atoms with Crippen molar-refractivity contribution in [3.8, 4) is 0 Å². The molecule has 0 aliphatic heterocycles. The van der Waals surface area contributed by atoms with Gasteiger partial charge in [-0.3, -0.25) is 0 Å². The van der Waals surface area contributed by atoms with Crippen LogP contribution in [0.1, 0.15) is 40.0 Å². The Hall–Kier alpha value is -0.0800. The van der Waals surface area contributed by atoms with Crippen molar-refractivity contribution >= 4 is 0 Å². The van der Waals surface area contributed by atoms with Gasteiger partial charge in [0.25, 0.3) is 0 Å². The van der Waals surface area contributed by atoms with Crippen molar-refractivity contribution in [1.82, 2.24) is 5.32 Å². The van der Waals surface area contributed by atoms with Gasteiger partial charge in [0.05, 0.1) is 0 Å². The molecular weight excluding hydrogens is 162 g/mol. The molecule has 0 radical (unpaired) electrons. The molecule has 2 nitrogen and oxygen atoms in total. The molecular formula is C11H25NO. The van der Waals surface area contributed by atoms with Crippen LogP contribution in [0.4, 0.5) is 0 Å². The first-order valence-electron chi connectivity index (χ1n) is 5.51. The van der Waals surface area contributed by atoms with Crippen LogP contribution in [0.3, 0.4) is 0 Å². The lowest BCUT2D eigenvalue weighted by Crippen LogP contribution is -2.31. The summed E-state index contributed by atoms with van der Waals surface area (Å²) in [5.41, 5.74) is 0. The molecule has 0 fully saturated rings. The van der Waals surface area contributed by atoms with Crippen molar-refractivity contribution in [2.24, 2.45) is 5.92 Å². The predicted molar refractivity (Wildman–Crippen MR) is 58.0 cm³/mol. The lowest BCUT2D eigenvalue weighted by atomic mass is 9.95. The van der Waals surface area contributed by atoms with E-state index in [1.165, 1.54) is 19.3 Å². The van der Waals surface area contributed by atoms with Gasteiger partial charge in [0.2, 0.25) is 0 Å². The summed E-state index contributed by atoms with van der Waals surface area (Å²) in [4.78, 5) is 0. The maximum Gasteiger partial charge on any atom is 0.0466 e. The van der Waals surface area contributed by atoms with E-state index in [4.69, 9.17) is 4.74 Å². The third-order valence-electron chi connectivity index (χ3n) is 2.65. The minimum absolute atomic E-state index is 0.668. The molecule has 0 aromatic rings. The van der Waals surface area contributed by atoms with Gasteiger partial charge in [-0.2, -0.15) is 0 Å². The fourth-order valence-corrected chi connectivity index (χ4v) is 1.74. The predicted octanol–water partition coefficient (Wildman–Crippen LogP) is 2.44. The normalized spacial score (nSPS) is 15.7. The van der Waals surface area contributed by atoms with Gasteiger partial charge in [-0.25, -0.2) is 0 Å². The zero-order valence-electron chi connectivity index (χ0n) is 9.60. The first kappa shape index (κ1) is 12.9. The highest BCUT2D eigenvalue weighted by Crippen LogP contribution is 2.12. The molecule has 1 N–H and O–H groups in total. The lowest BCUT2D eigenvalue weighted by Gasteiger charge is -2.21. The van der Waals surface area contributed by atoms with Crippen LogP contribution in [-0.2, 0) is 4.74 Å². The maximum atomic E-state index is 5.31. The van der Waals surface area contributed by atoms with Crippen LogP contribution in [0.25, 0.3) is 0 Å². The van der Waals surface area contributed by atoms with Crippen molar-refractivity contribution in [2.45, 2.75) is 46.1 Å². The van der Waals surface area contributed by atoms with E-state index in [0.29, 0.717) is 6.04 Å². The van der Waals surface area contributed by atoms with E-state index < -0.39 is 0 Å². The van der Waals surface area contributed by atoms with Crippen LogP contribution in [-0.4, -0.2) is 26.3 Å². The Balaban J connectivity index is 3.42. The largest absolute Gasteiger partial charge is 0.382 e. The lowest BCUT2D eigenvalue weighted by molar-refractivity contribution is 0.138. The second kappa shape index (κ2) is 8.52. The number of ether oxygens (including phenoxy) is 1. The summed E-state index contributed by atoms with van der Waals surface area (Å²) in [6.45, 7) is 8.36. The molecule has 0 amide bonds. The van der Waals surface area contributed by atoms with E-state index in [9.17, 15) is 0 Å². The van der Waals surface area contributed by atoms with Gasteiger partial charge < -0.3 is 10.1 Å².